The number of nitrogens with zero attached hydrogens (tertiary/aromatic N) is 1. The molecule has 5 heteroatoms. The van der Waals surface area contributed by atoms with Crippen LogP contribution in [0.15, 0.2) is 24.3 Å². The van der Waals surface area contributed by atoms with Gasteiger partial charge in [0.05, 0.1) is 6.61 Å². The Bertz CT molecular complexity index is 535. The molecule has 2 N–H and O–H groups in total. The number of nitrogens with one attached hydrogen (secondary N) is 2. The number of hydrogen-bond donors (Lipinski definition) is 2. The van der Waals surface area contributed by atoms with E-state index in [1.165, 1.54) is 37.1 Å². The third kappa shape index (κ3) is 4.79. The molecule has 0 saturated carbocycles. The number of piperidine rings is 1. The Kier molecular flexibility index (Phi) is 6.24. The zero-order chi connectivity index (χ0) is 16.8. The highest BCUT2D eigenvalue weighted by Gasteiger charge is 2.22. The molecule has 0 aliphatic carbocycles. The lowest BCUT2D eigenvalue weighted by Gasteiger charge is -2.30. The number of likely N-dealkylation sites (tertiary alicyclic amines) is 1. The van der Waals surface area contributed by atoms with E-state index < -0.39 is 0 Å². The van der Waals surface area contributed by atoms with Crippen molar-refractivity contribution < 1.29 is 9.53 Å². The van der Waals surface area contributed by atoms with Crippen LogP contribution in [-0.2, 0) is 22.6 Å². The molecule has 132 valence electrons. The van der Waals surface area contributed by atoms with E-state index >= 15 is 0 Å². The van der Waals surface area contributed by atoms with Gasteiger partial charge < -0.3 is 15.4 Å². The Balaban J connectivity index is 1.54. The molecule has 2 fully saturated rings. The van der Waals surface area contributed by atoms with Crippen molar-refractivity contribution in [2.24, 2.45) is 5.92 Å². The van der Waals surface area contributed by atoms with E-state index in [0.29, 0.717) is 19.7 Å². The highest BCUT2D eigenvalue weighted by atomic mass is 16.5. The second kappa shape index (κ2) is 8.60. The molecule has 1 atom stereocenters. The monoisotopic (exact) mass is 331 g/mol. The summed E-state index contributed by atoms with van der Waals surface area (Å²) in [5.41, 5.74) is 2.52. The molecule has 2 aliphatic heterocycles. The molecule has 0 radical (unpaired) electrons. The predicted molar refractivity (Wildman–Crippen MR) is 94.6 cm³/mol. The van der Waals surface area contributed by atoms with Crippen molar-refractivity contribution in [3.8, 4) is 0 Å². The SMILES string of the molecule is CC1CCN(Cc2ccccc2CNC(=O)C2CNCCO2)CC1. The number of hydrogen-bond acceptors (Lipinski definition) is 4. The van der Waals surface area contributed by atoms with Gasteiger partial charge in [-0.1, -0.05) is 31.2 Å². The van der Waals surface area contributed by atoms with Gasteiger partial charge in [-0.25, -0.2) is 0 Å². The number of benzene rings is 1. The normalized spacial score (nSPS) is 23.1. The quantitative estimate of drug-likeness (QED) is 0.859. The highest BCUT2D eigenvalue weighted by molar-refractivity contribution is 5.81. The fourth-order valence-corrected chi connectivity index (χ4v) is 3.38. The largest absolute Gasteiger partial charge is 0.366 e. The van der Waals surface area contributed by atoms with Crippen molar-refractivity contribution in [3.05, 3.63) is 35.4 Å². The minimum Gasteiger partial charge on any atom is -0.366 e. The summed E-state index contributed by atoms with van der Waals surface area (Å²) in [4.78, 5) is 14.7. The Morgan fingerprint density at radius 2 is 2.04 bits per heavy atom. The van der Waals surface area contributed by atoms with Gasteiger partial charge in [0.1, 0.15) is 6.10 Å². The maximum absolute atomic E-state index is 12.2. The topological polar surface area (TPSA) is 53.6 Å². The molecule has 1 aromatic rings. The second-order valence-corrected chi connectivity index (χ2v) is 7.01. The molecule has 0 spiro atoms. The van der Waals surface area contributed by atoms with Gasteiger partial charge in [-0.15, -0.1) is 0 Å². The van der Waals surface area contributed by atoms with Crippen molar-refractivity contribution >= 4 is 5.91 Å². The zero-order valence-corrected chi connectivity index (χ0v) is 14.6. The summed E-state index contributed by atoms with van der Waals surface area (Å²) < 4.78 is 5.51. The van der Waals surface area contributed by atoms with Crippen LogP contribution in [0.4, 0.5) is 0 Å². The van der Waals surface area contributed by atoms with E-state index in [4.69, 9.17) is 4.74 Å². The van der Waals surface area contributed by atoms with Gasteiger partial charge in [0.25, 0.3) is 5.91 Å². The van der Waals surface area contributed by atoms with Gasteiger partial charge in [0, 0.05) is 26.2 Å². The van der Waals surface area contributed by atoms with Crippen LogP contribution < -0.4 is 10.6 Å². The number of rotatable bonds is 5. The summed E-state index contributed by atoms with van der Waals surface area (Å²) in [7, 11) is 0. The third-order valence-corrected chi connectivity index (χ3v) is 5.06. The molecule has 1 aromatic carbocycles. The molecule has 3 rings (SSSR count). The first-order chi connectivity index (χ1) is 11.7. The van der Waals surface area contributed by atoms with Crippen molar-refractivity contribution in [2.75, 3.05) is 32.8 Å². The lowest BCUT2D eigenvalue weighted by molar-refractivity contribution is -0.134. The van der Waals surface area contributed by atoms with Crippen molar-refractivity contribution in [1.29, 1.82) is 0 Å². The van der Waals surface area contributed by atoms with Crippen LogP contribution >= 0.6 is 0 Å². The summed E-state index contributed by atoms with van der Waals surface area (Å²) in [5.74, 6) is 0.823. The maximum atomic E-state index is 12.2. The average molecular weight is 331 g/mol. The summed E-state index contributed by atoms with van der Waals surface area (Å²) in [6.07, 6.45) is 2.20. The van der Waals surface area contributed by atoms with E-state index in [0.717, 1.165) is 19.0 Å². The molecule has 2 saturated heterocycles. The van der Waals surface area contributed by atoms with Crippen LogP contribution in [0.5, 0.6) is 0 Å². The zero-order valence-electron chi connectivity index (χ0n) is 14.6. The first-order valence-corrected chi connectivity index (χ1v) is 9.11. The minimum atomic E-state index is -0.366. The predicted octanol–water partition coefficient (Wildman–Crippen LogP) is 1.52. The molecule has 24 heavy (non-hydrogen) atoms. The van der Waals surface area contributed by atoms with Crippen molar-refractivity contribution in [3.63, 3.8) is 0 Å². The molecule has 1 amide bonds. The third-order valence-electron chi connectivity index (χ3n) is 5.06. The van der Waals surface area contributed by atoms with Crippen molar-refractivity contribution in [2.45, 2.75) is 39.0 Å². The van der Waals surface area contributed by atoms with Crippen LogP contribution in [0.25, 0.3) is 0 Å². The van der Waals surface area contributed by atoms with Gasteiger partial charge in [-0.3, -0.25) is 9.69 Å². The number of carbonyl (C=O) groups excluding carboxylic acids is 1. The minimum absolute atomic E-state index is 0.0243. The fourth-order valence-electron chi connectivity index (χ4n) is 3.38. The van der Waals surface area contributed by atoms with E-state index in [1.807, 2.05) is 6.07 Å². The number of morpholine rings is 1. The molecule has 0 aromatic heterocycles. The van der Waals surface area contributed by atoms with Crippen LogP contribution in [0.2, 0.25) is 0 Å². The van der Waals surface area contributed by atoms with Crippen LogP contribution in [0.3, 0.4) is 0 Å². The number of ether oxygens (including phenoxy) is 1. The summed E-state index contributed by atoms with van der Waals surface area (Å²) in [5, 5.41) is 6.22. The van der Waals surface area contributed by atoms with E-state index in [9.17, 15) is 4.79 Å². The molecule has 5 nitrogen and oxygen atoms in total. The maximum Gasteiger partial charge on any atom is 0.250 e. The molecule has 1 unspecified atom stereocenters. The smallest absolute Gasteiger partial charge is 0.250 e. The Hall–Kier alpha value is -1.43. The first kappa shape index (κ1) is 17.4. The Labute approximate surface area is 144 Å². The van der Waals surface area contributed by atoms with Crippen LogP contribution in [-0.4, -0.2) is 49.7 Å². The number of carbonyl (C=O) groups is 1. The van der Waals surface area contributed by atoms with Gasteiger partial charge in [0.2, 0.25) is 0 Å². The first-order valence-electron chi connectivity index (χ1n) is 9.11. The molecular formula is C19H29N3O2. The van der Waals surface area contributed by atoms with E-state index in [1.54, 1.807) is 0 Å². The highest BCUT2D eigenvalue weighted by Crippen LogP contribution is 2.19. The standard InChI is InChI=1S/C19H29N3O2/c1-15-6-9-22(10-7-15)14-17-5-3-2-4-16(17)12-21-19(23)18-13-20-8-11-24-18/h2-5,15,18,20H,6-14H2,1H3,(H,21,23). The summed E-state index contributed by atoms with van der Waals surface area (Å²) in [6, 6.07) is 8.42. The molecule has 0 bridgehead atoms. The molecule has 2 heterocycles. The van der Waals surface area contributed by atoms with Gasteiger partial charge in [-0.05, 0) is 43.0 Å². The molecular weight excluding hydrogens is 302 g/mol. The van der Waals surface area contributed by atoms with Gasteiger partial charge in [-0.2, -0.15) is 0 Å². The lowest BCUT2D eigenvalue weighted by Crippen LogP contribution is -2.47. The van der Waals surface area contributed by atoms with Crippen LogP contribution in [0, 0.1) is 5.92 Å². The van der Waals surface area contributed by atoms with Gasteiger partial charge >= 0.3 is 0 Å². The fraction of sp³-hybridized carbons (Fsp3) is 0.632. The summed E-state index contributed by atoms with van der Waals surface area (Å²) >= 11 is 0. The summed E-state index contributed by atoms with van der Waals surface area (Å²) in [6.45, 7) is 8.23. The molecule has 2 aliphatic rings. The van der Waals surface area contributed by atoms with Crippen molar-refractivity contribution in [1.82, 2.24) is 15.5 Å². The van der Waals surface area contributed by atoms with E-state index in [-0.39, 0.29) is 12.0 Å². The van der Waals surface area contributed by atoms with E-state index in [2.05, 4.69) is 40.7 Å². The Morgan fingerprint density at radius 3 is 2.75 bits per heavy atom. The number of amides is 1. The van der Waals surface area contributed by atoms with Crippen LogP contribution in [0.1, 0.15) is 30.9 Å². The van der Waals surface area contributed by atoms with Gasteiger partial charge in [0.15, 0.2) is 0 Å². The second-order valence-electron chi connectivity index (χ2n) is 7.01. The Morgan fingerprint density at radius 1 is 1.29 bits per heavy atom. The average Bonchev–Trinajstić information content (AvgIpc) is 2.63. The lowest BCUT2D eigenvalue weighted by atomic mass is 9.98.